The lowest BCUT2D eigenvalue weighted by molar-refractivity contribution is -0.148. The molecule has 1 aromatic carbocycles. The number of benzene rings is 1. The summed E-state index contributed by atoms with van der Waals surface area (Å²) in [5.41, 5.74) is 0.777. The number of amides is 2. The van der Waals surface area contributed by atoms with Crippen LogP contribution in [0.5, 0.6) is 0 Å². The van der Waals surface area contributed by atoms with Crippen LogP contribution in [0, 0.1) is 0 Å². The molecule has 2 rings (SSSR count). The Morgan fingerprint density at radius 2 is 1.84 bits per heavy atom. The summed E-state index contributed by atoms with van der Waals surface area (Å²) in [4.78, 5) is 50.7. The van der Waals surface area contributed by atoms with Gasteiger partial charge in [-0.05, 0) is 38.3 Å². The largest absolute Gasteiger partial charge is 0.467 e. The number of esters is 1. The number of nitrogens with one attached hydrogen (secondary N) is 1. The maximum atomic E-state index is 13.3. The van der Waals surface area contributed by atoms with E-state index in [9.17, 15) is 19.2 Å². The van der Waals surface area contributed by atoms with Crippen LogP contribution in [-0.2, 0) is 19.1 Å². The van der Waals surface area contributed by atoms with E-state index in [0.717, 1.165) is 31.5 Å². The van der Waals surface area contributed by atoms with Crippen molar-refractivity contribution in [3.8, 4) is 0 Å². The zero-order valence-electron chi connectivity index (χ0n) is 17.7. The Balaban J connectivity index is 2.17. The van der Waals surface area contributed by atoms with Crippen molar-refractivity contribution < 1.29 is 23.9 Å². The molecule has 0 heterocycles. The molecule has 166 valence electrons. The van der Waals surface area contributed by atoms with Crippen LogP contribution in [0.4, 0.5) is 5.69 Å². The van der Waals surface area contributed by atoms with Gasteiger partial charge in [0.1, 0.15) is 0 Å². The lowest BCUT2D eigenvalue weighted by Gasteiger charge is -2.38. The van der Waals surface area contributed by atoms with Gasteiger partial charge in [0, 0.05) is 32.4 Å². The number of hydrogen-bond acceptors (Lipinski definition) is 8. The lowest BCUT2D eigenvalue weighted by atomic mass is 9.90. The number of nitrogens with zero attached hydrogens (tertiary/aromatic N) is 4. The molecule has 0 aromatic heterocycles. The summed E-state index contributed by atoms with van der Waals surface area (Å²) in [6, 6.07) is 5.42. The number of ether oxygens (including phenoxy) is 1. The average Bonchev–Trinajstić information content (AvgIpc) is 2.73. The second kappa shape index (κ2) is 11.0. The van der Waals surface area contributed by atoms with Crippen molar-refractivity contribution in [2.24, 2.45) is 10.2 Å². The molecule has 0 spiro atoms. The number of methoxy groups -OCH3 is 1. The second-order valence-electron chi connectivity index (χ2n) is 7.06. The van der Waals surface area contributed by atoms with Gasteiger partial charge in [-0.15, -0.1) is 0 Å². The van der Waals surface area contributed by atoms with Gasteiger partial charge in [0.15, 0.2) is 11.8 Å². The zero-order valence-corrected chi connectivity index (χ0v) is 17.7. The smallest absolute Gasteiger partial charge is 0.336 e. The number of carbonyl (C=O) groups is 4. The maximum Gasteiger partial charge on any atom is 0.336 e. The molecule has 1 unspecified atom stereocenters. The summed E-state index contributed by atoms with van der Waals surface area (Å²) in [6.07, 6.45) is 2.58. The molecule has 0 aliphatic heterocycles. The number of Topliss-reactive ketones (excluding diaryl/α,β-unsaturated/α-hetero) is 1. The first-order valence-corrected chi connectivity index (χ1v) is 9.85. The van der Waals surface area contributed by atoms with Gasteiger partial charge in [-0.2, -0.15) is 15.3 Å². The van der Waals surface area contributed by atoms with Gasteiger partial charge in [0.25, 0.3) is 5.91 Å². The highest BCUT2D eigenvalue weighted by molar-refractivity contribution is 6.05. The van der Waals surface area contributed by atoms with E-state index in [1.54, 1.807) is 29.2 Å². The first-order chi connectivity index (χ1) is 14.8. The molecule has 1 aliphatic rings. The molecule has 0 saturated heterocycles. The Bertz CT molecular complexity index is 859. The monoisotopic (exact) mass is 429 g/mol. The van der Waals surface area contributed by atoms with Crippen molar-refractivity contribution in [1.29, 1.82) is 0 Å². The number of carbonyl (C=O) groups excluding carboxylic acids is 4. The van der Waals surface area contributed by atoms with E-state index in [1.165, 1.54) is 6.92 Å². The fourth-order valence-corrected chi connectivity index (χ4v) is 3.23. The second-order valence-corrected chi connectivity index (χ2v) is 7.06. The van der Waals surface area contributed by atoms with Gasteiger partial charge < -0.3 is 15.0 Å². The molecule has 2 amide bonds. The Hall–Kier alpha value is -3.56. The van der Waals surface area contributed by atoms with E-state index in [2.05, 4.69) is 33.7 Å². The van der Waals surface area contributed by atoms with Crippen molar-refractivity contribution in [2.75, 3.05) is 18.8 Å². The Kier molecular flexibility index (Phi) is 8.42. The molecule has 0 bridgehead atoms. The van der Waals surface area contributed by atoms with Crippen LogP contribution in [0.1, 0.15) is 43.0 Å². The third-order valence-corrected chi connectivity index (χ3v) is 5.12. The number of anilines is 1. The Morgan fingerprint density at radius 3 is 2.35 bits per heavy atom. The normalized spacial score (nSPS) is 13.9. The van der Waals surface area contributed by atoms with E-state index < -0.39 is 23.7 Å². The summed E-state index contributed by atoms with van der Waals surface area (Å²) in [7, 11) is 1.14. The number of rotatable bonds is 11. The number of para-hydroxylation sites is 1. The zero-order chi connectivity index (χ0) is 23.0. The van der Waals surface area contributed by atoms with Crippen molar-refractivity contribution in [3.05, 3.63) is 29.8 Å². The first-order valence-electron chi connectivity index (χ1n) is 9.85. The quantitative estimate of drug-likeness (QED) is 0.245. The molecule has 1 N–H and O–H groups in total. The highest BCUT2D eigenvalue weighted by atomic mass is 16.5. The lowest BCUT2D eigenvalue weighted by Crippen LogP contribution is -2.49. The van der Waals surface area contributed by atoms with Crippen molar-refractivity contribution >= 4 is 42.7 Å². The van der Waals surface area contributed by atoms with Crippen LogP contribution >= 0.6 is 0 Å². The summed E-state index contributed by atoms with van der Waals surface area (Å²) < 4.78 is 4.55. The van der Waals surface area contributed by atoms with Gasteiger partial charge in [0.05, 0.1) is 18.4 Å². The SMILES string of the molecule is C=NN(N=C)c1ccccc1C(=O)N(CCC(=O)NC(C(C)=O)C(=O)OC)C1CCC1. The van der Waals surface area contributed by atoms with E-state index >= 15 is 0 Å². The molecule has 10 nitrogen and oxygen atoms in total. The van der Waals surface area contributed by atoms with Crippen LogP contribution in [0.15, 0.2) is 34.5 Å². The Morgan fingerprint density at radius 1 is 1.19 bits per heavy atom. The standard InChI is InChI=1S/C21H27N5O5/c1-14(27)19(21(30)31-4)24-18(28)12-13-25(15-8-7-9-15)20(29)16-10-5-6-11-17(16)26(22-2)23-3/h5-6,10-11,15,19H,2-3,7-9,12-13H2,1,4H3,(H,24,28). The average molecular weight is 429 g/mol. The number of ketones is 1. The van der Waals surface area contributed by atoms with Crippen LogP contribution in [0.3, 0.4) is 0 Å². The maximum absolute atomic E-state index is 13.3. The van der Waals surface area contributed by atoms with E-state index in [4.69, 9.17) is 0 Å². The van der Waals surface area contributed by atoms with Crippen LogP contribution in [0.2, 0.25) is 0 Å². The molecule has 10 heteroatoms. The fraction of sp³-hybridized carbons (Fsp3) is 0.429. The van der Waals surface area contributed by atoms with Crippen molar-refractivity contribution in [2.45, 2.75) is 44.7 Å². The minimum absolute atomic E-state index is 0.000558. The third-order valence-electron chi connectivity index (χ3n) is 5.12. The van der Waals surface area contributed by atoms with Crippen LogP contribution in [0.25, 0.3) is 0 Å². The molecule has 1 aromatic rings. The summed E-state index contributed by atoms with van der Waals surface area (Å²) >= 11 is 0. The molecule has 1 fully saturated rings. The highest BCUT2D eigenvalue weighted by Crippen LogP contribution is 2.29. The van der Waals surface area contributed by atoms with Gasteiger partial charge in [-0.1, -0.05) is 12.1 Å². The van der Waals surface area contributed by atoms with Crippen LogP contribution in [-0.4, -0.2) is 67.6 Å². The van der Waals surface area contributed by atoms with Gasteiger partial charge >= 0.3 is 5.97 Å². The molecule has 1 aliphatic carbocycles. The molecule has 0 radical (unpaired) electrons. The molecule has 31 heavy (non-hydrogen) atoms. The molecule has 1 saturated carbocycles. The minimum atomic E-state index is -1.36. The predicted molar refractivity (Wildman–Crippen MR) is 116 cm³/mol. The summed E-state index contributed by atoms with van der Waals surface area (Å²) in [6.45, 7) is 8.19. The predicted octanol–water partition coefficient (Wildman–Crippen LogP) is 1.36. The van der Waals surface area contributed by atoms with Crippen molar-refractivity contribution in [3.63, 3.8) is 0 Å². The van der Waals surface area contributed by atoms with Crippen LogP contribution < -0.4 is 10.4 Å². The third kappa shape index (κ3) is 5.74. The molecular formula is C21H27N5O5. The highest BCUT2D eigenvalue weighted by Gasteiger charge is 2.32. The van der Waals surface area contributed by atoms with E-state index in [0.29, 0.717) is 11.3 Å². The van der Waals surface area contributed by atoms with Crippen molar-refractivity contribution in [1.82, 2.24) is 10.2 Å². The van der Waals surface area contributed by atoms with Gasteiger partial charge in [0.2, 0.25) is 5.91 Å². The number of hydrogen-bond donors (Lipinski definition) is 1. The number of hydrazone groups is 2. The fourth-order valence-electron chi connectivity index (χ4n) is 3.23. The van der Waals surface area contributed by atoms with E-state index in [1.807, 2.05) is 0 Å². The van der Waals surface area contributed by atoms with E-state index in [-0.39, 0.29) is 24.9 Å². The molecular weight excluding hydrogens is 402 g/mol. The minimum Gasteiger partial charge on any atom is -0.467 e. The first kappa shape index (κ1) is 23.7. The summed E-state index contributed by atoms with van der Waals surface area (Å²) in [5.74, 6) is -2.18. The van der Waals surface area contributed by atoms with Gasteiger partial charge in [-0.25, -0.2) is 4.79 Å². The molecule has 1 atom stereocenters. The Labute approximate surface area is 180 Å². The topological polar surface area (TPSA) is 121 Å². The summed E-state index contributed by atoms with van der Waals surface area (Å²) in [5, 5.41) is 11.0. The van der Waals surface area contributed by atoms with Gasteiger partial charge in [-0.3, -0.25) is 14.4 Å².